The molecule has 0 unspecified atom stereocenters. The Kier molecular flexibility index (Phi) is 6.07. The van der Waals surface area contributed by atoms with Crippen LogP contribution in [-0.2, 0) is 4.79 Å². The standard InChI is InChI=1S/C19H19F2NO2/c1-13(2)15-8-4-5-9-16(15)22-18(23)12-11-14-7-3-6-10-17(14)24-19(20)21/h3-13,19H,1-2H3,(H,22,23). The number of benzene rings is 2. The zero-order valence-corrected chi connectivity index (χ0v) is 13.5. The molecule has 0 aliphatic carbocycles. The molecule has 5 heteroatoms. The van der Waals surface area contributed by atoms with Gasteiger partial charge in [-0.05, 0) is 29.7 Å². The summed E-state index contributed by atoms with van der Waals surface area (Å²) in [6, 6.07) is 13.8. The Morgan fingerprint density at radius 2 is 1.75 bits per heavy atom. The topological polar surface area (TPSA) is 38.3 Å². The van der Waals surface area contributed by atoms with E-state index in [0.717, 1.165) is 11.3 Å². The van der Waals surface area contributed by atoms with Crippen molar-refractivity contribution in [3.8, 4) is 5.75 Å². The van der Waals surface area contributed by atoms with Crippen molar-refractivity contribution in [3.05, 3.63) is 65.7 Å². The number of anilines is 1. The first kappa shape index (κ1) is 17.7. The Hall–Kier alpha value is -2.69. The minimum Gasteiger partial charge on any atom is -0.434 e. The lowest BCUT2D eigenvalue weighted by Crippen LogP contribution is -2.10. The van der Waals surface area contributed by atoms with Crippen molar-refractivity contribution in [2.45, 2.75) is 26.4 Å². The monoisotopic (exact) mass is 331 g/mol. The summed E-state index contributed by atoms with van der Waals surface area (Å²) in [7, 11) is 0. The number of halogens is 2. The summed E-state index contributed by atoms with van der Waals surface area (Å²) in [4.78, 5) is 12.1. The molecule has 0 aliphatic rings. The van der Waals surface area contributed by atoms with Gasteiger partial charge in [-0.25, -0.2) is 0 Å². The predicted molar refractivity (Wildman–Crippen MR) is 91.3 cm³/mol. The van der Waals surface area contributed by atoms with Gasteiger partial charge in [0.1, 0.15) is 5.75 Å². The zero-order valence-electron chi connectivity index (χ0n) is 13.5. The predicted octanol–water partition coefficient (Wildman–Crippen LogP) is 5.06. The average molecular weight is 331 g/mol. The molecule has 0 bridgehead atoms. The number of hydrogen-bond donors (Lipinski definition) is 1. The van der Waals surface area contributed by atoms with E-state index >= 15 is 0 Å². The lowest BCUT2D eigenvalue weighted by molar-refractivity contribution is -0.111. The van der Waals surface area contributed by atoms with Crippen LogP contribution in [0.15, 0.2) is 54.6 Å². The molecule has 0 heterocycles. The molecule has 0 aliphatic heterocycles. The first-order chi connectivity index (χ1) is 11.5. The minimum atomic E-state index is -2.91. The van der Waals surface area contributed by atoms with Crippen LogP contribution < -0.4 is 10.1 Å². The summed E-state index contributed by atoms with van der Waals surface area (Å²) >= 11 is 0. The van der Waals surface area contributed by atoms with Crippen LogP contribution in [0, 0.1) is 0 Å². The molecule has 0 radical (unpaired) electrons. The quantitative estimate of drug-likeness (QED) is 0.751. The number of rotatable bonds is 6. The number of para-hydroxylation sites is 2. The Morgan fingerprint density at radius 3 is 2.46 bits per heavy atom. The van der Waals surface area contributed by atoms with Gasteiger partial charge in [-0.2, -0.15) is 8.78 Å². The van der Waals surface area contributed by atoms with Crippen molar-refractivity contribution in [1.29, 1.82) is 0 Å². The molecule has 2 rings (SSSR count). The molecule has 126 valence electrons. The number of ether oxygens (including phenoxy) is 1. The van der Waals surface area contributed by atoms with Crippen molar-refractivity contribution in [2.24, 2.45) is 0 Å². The van der Waals surface area contributed by atoms with E-state index < -0.39 is 6.61 Å². The fourth-order valence-corrected chi connectivity index (χ4v) is 2.28. The SMILES string of the molecule is CC(C)c1ccccc1NC(=O)C=Cc1ccccc1OC(F)F. The number of carbonyl (C=O) groups is 1. The summed E-state index contributed by atoms with van der Waals surface area (Å²) in [5, 5.41) is 2.81. The van der Waals surface area contributed by atoms with E-state index in [1.165, 1.54) is 18.2 Å². The maximum absolute atomic E-state index is 12.4. The highest BCUT2D eigenvalue weighted by Crippen LogP contribution is 2.24. The molecule has 24 heavy (non-hydrogen) atoms. The number of alkyl halides is 2. The molecule has 0 aromatic heterocycles. The molecular weight excluding hydrogens is 312 g/mol. The van der Waals surface area contributed by atoms with Gasteiger partial charge in [0, 0.05) is 17.3 Å². The van der Waals surface area contributed by atoms with Crippen molar-refractivity contribution >= 4 is 17.7 Å². The highest BCUT2D eigenvalue weighted by atomic mass is 19.3. The number of hydrogen-bond acceptors (Lipinski definition) is 2. The van der Waals surface area contributed by atoms with Crippen LogP contribution >= 0.6 is 0 Å². The average Bonchev–Trinajstić information content (AvgIpc) is 2.54. The van der Waals surface area contributed by atoms with Crippen LogP contribution in [0.3, 0.4) is 0 Å². The summed E-state index contributed by atoms with van der Waals surface area (Å²) < 4.78 is 29.2. The molecular formula is C19H19F2NO2. The molecule has 0 saturated heterocycles. The molecule has 1 N–H and O–H groups in total. The van der Waals surface area contributed by atoms with Crippen molar-refractivity contribution in [3.63, 3.8) is 0 Å². The van der Waals surface area contributed by atoms with Gasteiger partial charge in [0.25, 0.3) is 0 Å². The number of carbonyl (C=O) groups excluding carboxylic acids is 1. The molecule has 2 aromatic rings. The summed E-state index contributed by atoms with van der Waals surface area (Å²) in [5.74, 6) is -0.0419. The second-order valence-electron chi connectivity index (χ2n) is 5.48. The van der Waals surface area contributed by atoms with Gasteiger partial charge in [-0.3, -0.25) is 4.79 Å². The smallest absolute Gasteiger partial charge is 0.387 e. The number of amides is 1. The fourth-order valence-electron chi connectivity index (χ4n) is 2.28. The lowest BCUT2D eigenvalue weighted by atomic mass is 10.0. The second-order valence-corrected chi connectivity index (χ2v) is 5.48. The van der Waals surface area contributed by atoms with Crippen LogP contribution in [0.2, 0.25) is 0 Å². The molecule has 0 fully saturated rings. The van der Waals surface area contributed by atoms with E-state index in [4.69, 9.17) is 0 Å². The summed E-state index contributed by atoms with van der Waals surface area (Å²) in [5.41, 5.74) is 2.17. The Bertz CT molecular complexity index is 727. The third kappa shape index (κ3) is 4.91. The maximum atomic E-state index is 12.4. The first-order valence-corrected chi connectivity index (χ1v) is 7.59. The highest BCUT2D eigenvalue weighted by Gasteiger charge is 2.09. The molecule has 0 spiro atoms. The van der Waals surface area contributed by atoms with Crippen molar-refractivity contribution in [1.82, 2.24) is 0 Å². The van der Waals surface area contributed by atoms with E-state index in [9.17, 15) is 13.6 Å². The fraction of sp³-hybridized carbons (Fsp3) is 0.211. The van der Waals surface area contributed by atoms with Gasteiger partial charge in [0.05, 0.1) is 0 Å². The second kappa shape index (κ2) is 8.24. The lowest BCUT2D eigenvalue weighted by Gasteiger charge is -2.12. The molecule has 3 nitrogen and oxygen atoms in total. The van der Waals surface area contributed by atoms with Crippen LogP contribution in [0.25, 0.3) is 6.08 Å². The molecule has 2 aromatic carbocycles. The normalized spacial score (nSPS) is 11.2. The highest BCUT2D eigenvalue weighted by molar-refractivity contribution is 6.02. The third-order valence-electron chi connectivity index (χ3n) is 3.39. The molecule has 0 atom stereocenters. The van der Waals surface area contributed by atoms with Crippen LogP contribution in [-0.4, -0.2) is 12.5 Å². The van der Waals surface area contributed by atoms with Gasteiger partial charge >= 0.3 is 6.61 Å². The van der Waals surface area contributed by atoms with Crippen LogP contribution in [0.1, 0.15) is 30.9 Å². The molecule has 1 amide bonds. The number of nitrogens with one attached hydrogen (secondary N) is 1. The van der Waals surface area contributed by atoms with Crippen LogP contribution in [0.4, 0.5) is 14.5 Å². The van der Waals surface area contributed by atoms with Crippen LogP contribution in [0.5, 0.6) is 5.75 Å². The van der Waals surface area contributed by atoms with Gasteiger partial charge < -0.3 is 10.1 Å². The summed E-state index contributed by atoms with van der Waals surface area (Å²) in [6.07, 6.45) is 2.75. The largest absolute Gasteiger partial charge is 0.434 e. The third-order valence-corrected chi connectivity index (χ3v) is 3.39. The van der Waals surface area contributed by atoms with Crippen molar-refractivity contribution < 1.29 is 18.3 Å². The molecule has 0 saturated carbocycles. The van der Waals surface area contributed by atoms with E-state index in [1.54, 1.807) is 18.2 Å². The zero-order chi connectivity index (χ0) is 17.5. The van der Waals surface area contributed by atoms with Crippen molar-refractivity contribution in [2.75, 3.05) is 5.32 Å². The van der Waals surface area contributed by atoms with E-state index in [-0.39, 0.29) is 17.6 Å². The summed E-state index contributed by atoms with van der Waals surface area (Å²) in [6.45, 7) is 1.17. The Labute approximate surface area is 140 Å². The van der Waals surface area contributed by atoms with Gasteiger partial charge in [-0.15, -0.1) is 0 Å². The van der Waals surface area contributed by atoms with Gasteiger partial charge in [0.2, 0.25) is 5.91 Å². The Morgan fingerprint density at radius 1 is 1.08 bits per heavy atom. The minimum absolute atomic E-state index is 0.0270. The van der Waals surface area contributed by atoms with E-state index in [0.29, 0.717) is 5.56 Å². The van der Waals surface area contributed by atoms with Gasteiger partial charge in [-0.1, -0.05) is 50.2 Å². The first-order valence-electron chi connectivity index (χ1n) is 7.59. The van der Waals surface area contributed by atoms with E-state index in [1.807, 2.05) is 38.1 Å². The maximum Gasteiger partial charge on any atom is 0.387 e. The Balaban J connectivity index is 2.12. The van der Waals surface area contributed by atoms with Gasteiger partial charge in [0.15, 0.2) is 0 Å². The van der Waals surface area contributed by atoms with E-state index in [2.05, 4.69) is 10.1 Å².